The number of hydrogen-bond donors (Lipinski definition) is 0. The van der Waals surface area contributed by atoms with Crippen molar-refractivity contribution in [2.75, 3.05) is 0 Å². The third kappa shape index (κ3) is 10.1. The van der Waals surface area contributed by atoms with Crippen molar-refractivity contribution >= 4 is 11.9 Å². The molecule has 0 rings (SSSR count). The lowest BCUT2D eigenvalue weighted by Gasteiger charge is -2.16. The first kappa shape index (κ1) is 17.4. The molecule has 0 amide bonds. The summed E-state index contributed by atoms with van der Waals surface area (Å²) >= 11 is 0. The van der Waals surface area contributed by atoms with Gasteiger partial charge in [-0.25, -0.2) is 9.59 Å². The molecule has 0 saturated heterocycles. The summed E-state index contributed by atoms with van der Waals surface area (Å²) in [6.45, 7) is 8.78. The third-order valence-electron chi connectivity index (χ3n) is 2.62. The average Bonchev–Trinajstić information content (AvgIpc) is 2.41. The van der Waals surface area contributed by atoms with E-state index in [0.717, 1.165) is 31.4 Å². The van der Waals surface area contributed by atoms with Gasteiger partial charge in [0.1, 0.15) is 0 Å². The molecule has 0 aliphatic heterocycles. The molecule has 0 aromatic rings. The smallest absolute Gasteiger partial charge is 0.333 e. The fourth-order valence-electron chi connectivity index (χ4n) is 1.59. The minimum atomic E-state index is -0.845. The quantitative estimate of drug-likeness (QED) is 0.249. The SMILES string of the molecule is C=CC(=O)OC(CCCCCCCC)OC(=O)C=C. The highest BCUT2D eigenvalue weighted by Gasteiger charge is 2.15. The van der Waals surface area contributed by atoms with Gasteiger partial charge in [0, 0.05) is 18.6 Å². The molecule has 0 fully saturated rings. The Morgan fingerprint density at radius 2 is 1.42 bits per heavy atom. The van der Waals surface area contributed by atoms with Crippen LogP contribution in [0.15, 0.2) is 25.3 Å². The normalized spacial score (nSPS) is 10.0. The standard InChI is InChI=1S/C15H24O4/c1-4-7-8-9-10-11-12-15(18-13(16)5-2)19-14(17)6-3/h5-6,15H,2-4,7-12H2,1H3. The molecular weight excluding hydrogens is 244 g/mol. The molecule has 0 heterocycles. The Morgan fingerprint density at radius 3 is 1.89 bits per heavy atom. The molecule has 4 heteroatoms. The van der Waals surface area contributed by atoms with Crippen LogP contribution in [0.25, 0.3) is 0 Å². The molecule has 0 aliphatic carbocycles. The van der Waals surface area contributed by atoms with Crippen LogP contribution in [0.4, 0.5) is 0 Å². The van der Waals surface area contributed by atoms with Crippen molar-refractivity contribution < 1.29 is 19.1 Å². The fourth-order valence-corrected chi connectivity index (χ4v) is 1.59. The lowest BCUT2D eigenvalue weighted by Crippen LogP contribution is -2.23. The van der Waals surface area contributed by atoms with Gasteiger partial charge in [-0.1, -0.05) is 52.2 Å². The monoisotopic (exact) mass is 268 g/mol. The van der Waals surface area contributed by atoms with Gasteiger partial charge in [-0.2, -0.15) is 0 Å². The number of carbonyl (C=O) groups is 2. The molecule has 108 valence electrons. The van der Waals surface area contributed by atoms with Gasteiger partial charge in [-0.3, -0.25) is 0 Å². The van der Waals surface area contributed by atoms with Gasteiger partial charge in [0.15, 0.2) is 0 Å². The van der Waals surface area contributed by atoms with Crippen molar-refractivity contribution in [3.8, 4) is 0 Å². The van der Waals surface area contributed by atoms with Gasteiger partial charge in [-0.05, 0) is 6.42 Å². The van der Waals surface area contributed by atoms with Gasteiger partial charge in [-0.15, -0.1) is 0 Å². The maximum Gasteiger partial charge on any atom is 0.333 e. The van der Waals surface area contributed by atoms with Crippen molar-refractivity contribution in [3.63, 3.8) is 0 Å². The second-order valence-electron chi connectivity index (χ2n) is 4.27. The summed E-state index contributed by atoms with van der Waals surface area (Å²) in [6.07, 6.45) is 8.44. The predicted molar refractivity (Wildman–Crippen MR) is 74.4 cm³/mol. The number of rotatable bonds is 11. The van der Waals surface area contributed by atoms with E-state index < -0.39 is 18.2 Å². The highest BCUT2D eigenvalue weighted by molar-refractivity contribution is 5.82. The minimum absolute atomic E-state index is 0.505. The molecule has 19 heavy (non-hydrogen) atoms. The highest BCUT2D eigenvalue weighted by Crippen LogP contribution is 2.12. The van der Waals surface area contributed by atoms with E-state index in [1.807, 2.05) is 0 Å². The molecule has 4 nitrogen and oxygen atoms in total. The Labute approximate surface area is 115 Å². The Hall–Kier alpha value is -1.58. The number of unbranched alkanes of at least 4 members (excludes halogenated alkanes) is 5. The van der Waals surface area contributed by atoms with Crippen molar-refractivity contribution in [2.45, 2.75) is 58.2 Å². The van der Waals surface area contributed by atoms with Crippen LogP contribution < -0.4 is 0 Å². The van der Waals surface area contributed by atoms with Gasteiger partial charge >= 0.3 is 11.9 Å². The van der Waals surface area contributed by atoms with E-state index >= 15 is 0 Å². The molecule has 0 bridgehead atoms. The van der Waals surface area contributed by atoms with Crippen LogP contribution in [0.5, 0.6) is 0 Å². The van der Waals surface area contributed by atoms with Crippen LogP contribution in [-0.2, 0) is 19.1 Å². The summed E-state index contributed by atoms with van der Waals surface area (Å²) in [4.78, 5) is 22.2. The minimum Gasteiger partial charge on any atom is -0.422 e. The van der Waals surface area contributed by atoms with E-state index in [1.165, 1.54) is 19.3 Å². The predicted octanol–water partition coefficient (Wildman–Crippen LogP) is 3.52. The molecule has 0 saturated carbocycles. The maximum absolute atomic E-state index is 11.1. The molecule has 0 radical (unpaired) electrons. The van der Waals surface area contributed by atoms with Crippen molar-refractivity contribution in [2.24, 2.45) is 0 Å². The largest absolute Gasteiger partial charge is 0.422 e. The van der Waals surface area contributed by atoms with Crippen LogP contribution in [0.3, 0.4) is 0 Å². The zero-order valence-electron chi connectivity index (χ0n) is 11.7. The summed E-state index contributed by atoms with van der Waals surface area (Å²) in [7, 11) is 0. The number of hydrogen-bond acceptors (Lipinski definition) is 4. The Morgan fingerprint density at radius 1 is 0.947 bits per heavy atom. The Bertz CT molecular complexity index is 275. The van der Waals surface area contributed by atoms with Crippen LogP contribution in [0.1, 0.15) is 51.9 Å². The summed E-state index contributed by atoms with van der Waals surface area (Å²) in [5.74, 6) is -1.18. The zero-order chi connectivity index (χ0) is 14.5. The summed E-state index contributed by atoms with van der Waals surface area (Å²) in [5.41, 5.74) is 0. The van der Waals surface area contributed by atoms with Crippen molar-refractivity contribution in [3.05, 3.63) is 25.3 Å². The molecule has 0 atom stereocenters. The summed E-state index contributed by atoms with van der Waals surface area (Å²) in [5, 5.41) is 0. The molecule has 0 N–H and O–H groups in total. The molecule has 0 spiro atoms. The highest BCUT2D eigenvalue weighted by atomic mass is 16.7. The lowest BCUT2D eigenvalue weighted by atomic mass is 10.1. The second kappa shape index (κ2) is 11.5. The second-order valence-corrected chi connectivity index (χ2v) is 4.27. The van der Waals surface area contributed by atoms with E-state index in [0.29, 0.717) is 6.42 Å². The topological polar surface area (TPSA) is 52.6 Å². The van der Waals surface area contributed by atoms with Gasteiger partial charge in [0.05, 0.1) is 0 Å². The third-order valence-corrected chi connectivity index (χ3v) is 2.62. The van der Waals surface area contributed by atoms with Gasteiger partial charge in [0.25, 0.3) is 0 Å². The van der Waals surface area contributed by atoms with Crippen LogP contribution in [0, 0.1) is 0 Å². The lowest BCUT2D eigenvalue weighted by molar-refractivity contribution is -0.182. The van der Waals surface area contributed by atoms with E-state index in [2.05, 4.69) is 20.1 Å². The number of carbonyl (C=O) groups excluding carboxylic acids is 2. The number of esters is 2. The number of ether oxygens (including phenoxy) is 2. The maximum atomic E-state index is 11.1. The summed E-state index contributed by atoms with van der Waals surface area (Å²) < 4.78 is 9.90. The first-order valence-electron chi connectivity index (χ1n) is 6.80. The van der Waals surface area contributed by atoms with Crippen LogP contribution in [-0.4, -0.2) is 18.2 Å². The zero-order valence-corrected chi connectivity index (χ0v) is 11.7. The molecule has 0 aromatic heterocycles. The molecule has 0 aliphatic rings. The van der Waals surface area contributed by atoms with Crippen LogP contribution in [0.2, 0.25) is 0 Å². The van der Waals surface area contributed by atoms with Gasteiger partial charge in [0.2, 0.25) is 6.29 Å². The first-order chi connectivity index (χ1) is 9.13. The Balaban J connectivity index is 3.97. The molecule has 0 unspecified atom stereocenters. The summed E-state index contributed by atoms with van der Waals surface area (Å²) in [6, 6.07) is 0. The van der Waals surface area contributed by atoms with Gasteiger partial charge < -0.3 is 9.47 Å². The van der Waals surface area contributed by atoms with Crippen LogP contribution >= 0.6 is 0 Å². The first-order valence-corrected chi connectivity index (χ1v) is 6.80. The van der Waals surface area contributed by atoms with E-state index in [1.54, 1.807) is 0 Å². The van der Waals surface area contributed by atoms with Crippen molar-refractivity contribution in [1.29, 1.82) is 0 Å². The Kier molecular flexibility index (Phi) is 10.6. The average molecular weight is 268 g/mol. The van der Waals surface area contributed by atoms with E-state index in [9.17, 15) is 9.59 Å². The molecular formula is C15H24O4. The van der Waals surface area contributed by atoms with E-state index in [-0.39, 0.29) is 0 Å². The molecule has 0 aromatic carbocycles. The fraction of sp³-hybridized carbons (Fsp3) is 0.600. The van der Waals surface area contributed by atoms with E-state index in [4.69, 9.17) is 9.47 Å². The van der Waals surface area contributed by atoms with Crippen molar-refractivity contribution in [1.82, 2.24) is 0 Å².